The van der Waals surface area contributed by atoms with Gasteiger partial charge in [0.1, 0.15) is 0 Å². The van der Waals surface area contributed by atoms with Crippen LogP contribution in [0.25, 0.3) is 0 Å². The number of amides is 2. The average Bonchev–Trinajstić information content (AvgIpc) is 2.92. The minimum atomic E-state index is -0.0104. The topological polar surface area (TPSA) is 49.4 Å². The SMILES string of the molecule is CCNCC(C)CN1C(=O)C2CC(CC)CC2C1=O. The summed E-state index contributed by atoms with van der Waals surface area (Å²) in [6.45, 7) is 8.67. The van der Waals surface area contributed by atoms with E-state index >= 15 is 0 Å². The van der Waals surface area contributed by atoms with Crippen LogP contribution in [0.3, 0.4) is 0 Å². The monoisotopic (exact) mass is 266 g/mol. The van der Waals surface area contributed by atoms with Crippen LogP contribution in [0.1, 0.15) is 40.0 Å². The highest BCUT2D eigenvalue weighted by Gasteiger charge is 2.52. The lowest BCUT2D eigenvalue weighted by atomic mass is 10.00. The smallest absolute Gasteiger partial charge is 0.233 e. The maximum absolute atomic E-state index is 12.4. The van der Waals surface area contributed by atoms with Gasteiger partial charge < -0.3 is 5.32 Å². The number of likely N-dealkylation sites (tertiary alicyclic amines) is 1. The van der Waals surface area contributed by atoms with Crippen LogP contribution in [0.2, 0.25) is 0 Å². The Morgan fingerprint density at radius 2 is 1.79 bits per heavy atom. The molecule has 0 aromatic carbocycles. The normalized spacial score (nSPS) is 31.9. The Morgan fingerprint density at radius 1 is 1.21 bits per heavy atom. The van der Waals surface area contributed by atoms with Gasteiger partial charge in [0.05, 0.1) is 11.8 Å². The molecule has 2 rings (SSSR count). The molecule has 2 aliphatic rings. The number of imide groups is 1. The zero-order chi connectivity index (χ0) is 14.0. The predicted octanol–water partition coefficient (Wildman–Crippen LogP) is 1.65. The van der Waals surface area contributed by atoms with Crippen molar-refractivity contribution < 1.29 is 9.59 Å². The first-order chi connectivity index (χ1) is 9.08. The predicted molar refractivity (Wildman–Crippen MR) is 74.4 cm³/mol. The van der Waals surface area contributed by atoms with Crippen molar-refractivity contribution in [1.29, 1.82) is 0 Å². The Morgan fingerprint density at radius 3 is 2.26 bits per heavy atom. The van der Waals surface area contributed by atoms with E-state index in [1.807, 2.05) is 0 Å². The molecule has 1 aliphatic heterocycles. The third kappa shape index (κ3) is 2.83. The first kappa shape index (κ1) is 14.5. The number of nitrogens with zero attached hydrogens (tertiary/aromatic N) is 1. The molecule has 0 radical (unpaired) electrons. The molecule has 1 N–H and O–H groups in total. The number of nitrogens with one attached hydrogen (secondary N) is 1. The molecule has 19 heavy (non-hydrogen) atoms. The maximum Gasteiger partial charge on any atom is 0.233 e. The quantitative estimate of drug-likeness (QED) is 0.744. The van der Waals surface area contributed by atoms with Crippen LogP contribution in [-0.2, 0) is 9.59 Å². The van der Waals surface area contributed by atoms with Crippen LogP contribution in [0.5, 0.6) is 0 Å². The summed E-state index contributed by atoms with van der Waals surface area (Å²) in [4.78, 5) is 26.2. The number of carbonyl (C=O) groups is 2. The van der Waals surface area contributed by atoms with Gasteiger partial charge in [-0.25, -0.2) is 0 Å². The number of hydrogen-bond acceptors (Lipinski definition) is 3. The van der Waals surface area contributed by atoms with Crippen molar-refractivity contribution in [1.82, 2.24) is 10.2 Å². The van der Waals surface area contributed by atoms with Crippen LogP contribution in [0.4, 0.5) is 0 Å². The fraction of sp³-hybridized carbons (Fsp3) is 0.867. The van der Waals surface area contributed by atoms with Crippen LogP contribution in [0, 0.1) is 23.7 Å². The van der Waals surface area contributed by atoms with Gasteiger partial charge in [-0.3, -0.25) is 14.5 Å². The van der Waals surface area contributed by atoms with Crippen molar-refractivity contribution in [3.05, 3.63) is 0 Å². The van der Waals surface area contributed by atoms with Crippen molar-refractivity contribution in [2.24, 2.45) is 23.7 Å². The van der Waals surface area contributed by atoms with Crippen LogP contribution in [-0.4, -0.2) is 36.3 Å². The molecule has 4 heteroatoms. The Balaban J connectivity index is 1.94. The van der Waals surface area contributed by atoms with Gasteiger partial charge in [0, 0.05) is 6.54 Å². The molecule has 0 aromatic rings. The van der Waals surface area contributed by atoms with Crippen molar-refractivity contribution in [3.8, 4) is 0 Å². The average molecular weight is 266 g/mol. The summed E-state index contributed by atoms with van der Waals surface area (Å²) >= 11 is 0. The lowest BCUT2D eigenvalue weighted by molar-refractivity contribution is -0.141. The molecule has 3 unspecified atom stereocenters. The lowest BCUT2D eigenvalue weighted by Gasteiger charge is -2.21. The van der Waals surface area contributed by atoms with Crippen molar-refractivity contribution >= 4 is 11.8 Å². The van der Waals surface area contributed by atoms with E-state index in [0.717, 1.165) is 32.4 Å². The third-order valence-electron chi connectivity index (χ3n) is 4.64. The van der Waals surface area contributed by atoms with E-state index in [0.29, 0.717) is 18.4 Å². The second-order valence-corrected chi connectivity index (χ2v) is 6.16. The highest BCUT2D eigenvalue weighted by atomic mass is 16.2. The molecule has 108 valence electrons. The zero-order valence-corrected chi connectivity index (χ0v) is 12.3. The number of rotatable bonds is 6. The Bertz CT molecular complexity index is 332. The Labute approximate surface area is 115 Å². The second-order valence-electron chi connectivity index (χ2n) is 6.16. The van der Waals surface area contributed by atoms with Gasteiger partial charge in [0.15, 0.2) is 0 Å². The van der Waals surface area contributed by atoms with E-state index in [1.54, 1.807) is 0 Å². The lowest BCUT2D eigenvalue weighted by Crippen LogP contribution is -2.38. The van der Waals surface area contributed by atoms with Gasteiger partial charge in [0.25, 0.3) is 0 Å². The molecule has 0 bridgehead atoms. The minimum absolute atomic E-state index is 0.0104. The summed E-state index contributed by atoms with van der Waals surface area (Å²) in [6.07, 6.45) is 2.93. The Kier molecular flexibility index (Phi) is 4.61. The zero-order valence-electron chi connectivity index (χ0n) is 12.3. The summed E-state index contributed by atoms with van der Waals surface area (Å²) in [7, 11) is 0. The molecule has 4 nitrogen and oxygen atoms in total. The third-order valence-corrected chi connectivity index (χ3v) is 4.64. The molecule has 1 saturated carbocycles. The highest BCUT2D eigenvalue weighted by Crippen LogP contribution is 2.44. The molecule has 0 spiro atoms. The number of carbonyl (C=O) groups excluding carboxylic acids is 2. The second kappa shape index (κ2) is 6.04. The van der Waals surface area contributed by atoms with E-state index in [2.05, 4.69) is 26.1 Å². The van der Waals surface area contributed by atoms with Crippen LogP contribution >= 0.6 is 0 Å². The molecule has 1 aliphatic carbocycles. The van der Waals surface area contributed by atoms with E-state index in [4.69, 9.17) is 0 Å². The fourth-order valence-corrected chi connectivity index (χ4v) is 3.48. The standard InChI is InChI=1S/C15H26N2O2/c1-4-11-6-12-13(7-11)15(19)17(14(12)18)9-10(3)8-16-5-2/h10-13,16H,4-9H2,1-3H3. The van der Waals surface area contributed by atoms with Gasteiger partial charge >= 0.3 is 0 Å². The molecular formula is C15H26N2O2. The van der Waals surface area contributed by atoms with E-state index < -0.39 is 0 Å². The summed E-state index contributed by atoms with van der Waals surface area (Å²) in [5.74, 6) is 1.06. The highest BCUT2D eigenvalue weighted by molar-refractivity contribution is 6.05. The summed E-state index contributed by atoms with van der Waals surface area (Å²) in [5.41, 5.74) is 0. The van der Waals surface area contributed by atoms with E-state index in [-0.39, 0.29) is 23.7 Å². The van der Waals surface area contributed by atoms with E-state index in [9.17, 15) is 9.59 Å². The molecule has 1 heterocycles. The van der Waals surface area contributed by atoms with Crippen molar-refractivity contribution in [2.75, 3.05) is 19.6 Å². The molecule has 3 atom stereocenters. The summed E-state index contributed by atoms with van der Waals surface area (Å²) in [6, 6.07) is 0. The van der Waals surface area contributed by atoms with Gasteiger partial charge in [-0.15, -0.1) is 0 Å². The van der Waals surface area contributed by atoms with Crippen LogP contribution < -0.4 is 5.32 Å². The minimum Gasteiger partial charge on any atom is -0.317 e. The van der Waals surface area contributed by atoms with Gasteiger partial charge in [-0.2, -0.15) is 0 Å². The fourth-order valence-electron chi connectivity index (χ4n) is 3.48. The van der Waals surface area contributed by atoms with Crippen LogP contribution in [0.15, 0.2) is 0 Å². The van der Waals surface area contributed by atoms with Gasteiger partial charge in [-0.1, -0.05) is 27.2 Å². The van der Waals surface area contributed by atoms with E-state index in [1.165, 1.54) is 4.90 Å². The molecule has 2 amide bonds. The molecule has 2 fully saturated rings. The molecular weight excluding hydrogens is 240 g/mol. The maximum atomic E-state index is 12.4. The number of hydrogen-bond donors (Lipinski definition) is 1. The summed E-state index contributed by atoms with van der Waals surface area (Å²) < 4.78 is 0. The first-order valence-electron chi connectivity index (χ1n) is 7.64. The van der Waals surface area contributed by atoms with Crippen molar-refractivity contribution in [3.63, 3.8) is 0 Å². The molecule has 1 saturated heterocycles. The van der Waals surface area contributed by atoms with Crippen molar-refractivity contribution in [2.45, 2.75) is 40.0 Å². The largest absolute Gasteiger partial charge is 0.317 e. The van der Waals surface area contributed by atoms with Gasteiger partial charge in [-0.05, 0) is 37.8 Å². The Hall–Kier alpha value is -0.900. The number of fused-ring (bicyclic) bond motifs is 1. The first-order valence-corrected chi connectivity index (χ1v) is 7.64. The summed E-state index contributed by atoms with van der Waals surface area (Å²) in [5, 5.41) is 3.27. The molecule has 0 aromatic heterocycles. The van der Waals surface area contributed by atoms with Gasteiger partial charge in [0.2, 0.25) is 11.8 Å².